The Balaban J connectivity index is 1.47. The molecule has 0 atom stereocenters. The number of pyridine rings is 1. The molecule has 0 saturated heterocycles. The van der Waals surface area contributed by atoms with E-state index in [1.807, 2.05) is 49.6 Å². The molecule has 0 unspecified atom stereocenters. The lowest BCUT2D eigenvalue weighted by Crippen LogP contribution is -2.32. The standard InChI is InChI=1S/C22H29N5O/c1-27(2)22-25-14-18(19-5-3-4-12-23-19)20(26-22)16-8-6-15(7-9-16)13-24-21(28)17-10-11-17/h3-5,12,14-17H,6-11,13H2,1-2H3,(H,24,28). The SMILES string of the molecule is CN(C)c1ncc(-c2ccccn2)c(C2CCC(CNC(=O)C3CC3)CC2)n1. The first kappa shape index (κ1) is 18.8. The highest BCUT2D eigenvalue weighted by molar-refractivity contribution is 5.80. The van der Waals surface area contributed by atoms with Crippen molar-refractivity contribution in [3.63, 3.8) is 0 Å². The average Bonchev–Trinajstić information content (AvgIpc) is 3.58. The van der Waals surface area contributed by atoms with Crippen molar-refractivity contribution in [1.29, 1.82) is 0 Å². The van der Waals surface area contributed by atoms with E-state index in [0.717, 1.165) is 68.0 Å². The van der Waals surface area contributed by atoms with E-state index in [2.05, 4.69) is 15.3 Å². The highest BCUT2D eigenvalue weighted by Crippen LogP contribution is 2.39. The fraction of sp³-hybridized carbons (Fsp3) is 0.545. The van der Waals surface area contributed by atoms with Gasteiger partial charge in [-0.05, 0) is 56.6 Å². The van der Waals surface area contributed by atoms with Crippen LogP contribution in [0.2, 0.25) is 0 Å². The molecule has 2 aromatic rings. The molecule has 0 bridgehead atoms. The molecule has 148 valence electrons. The molecule has 2 aliphatic carbocycles. The average molecular weight is 380 g/mol. The largest absolute Gasteiger partial charge is 0.356 e. The molecule has 6 heteroatoms. The van der Waals surface area contributed by atoms with Crippen LogP contribution in [0.15, 0.2) is 30.6 Å². The van der Waals surface area contributed by atoms with Crippen LogP contribution in [0.5, 0.6) is 0 Å². The summed E-state index contributed by atoms with van der Waals surface area (Å²) in [4.78, 5) is 27.8. The maximum absolute atomic E-state index is 11.9. The van der Waals surface area contributed by atoms with Gasteiger partial charge in [0, 0.05) is 50.4 Å². The second-order valence-corrected chi connectivity index (χ2v) is 8.32. The number of amides is 1. The van der Waals surface area contributed by atoms with Crippen LogP contribution < -0.4 is 10.2 Å². The van der Waals surface area contributed by atoms with Crippen molar-refractivity contribution in [2.75, 3.05) is 25.5 Å². The first-order chi connectivity index (χ1) is 13.6. The monoisotopic (exact) mass is 379 g/mol. The van der Waals surface area contributed by atoms with Crippen molar-refractivity contribution >= 4 is 11.9 Å². The van der Waals surface area contributed by atoms with Gasteiger partial charge in [-0.1, -0.05) is 6.07 Å². The smallest absolute Gasteiger partial charge is 0.225 e. The number of carbonyl (C=O) groups is 1. The summed E-state index contributed by atoms with van der Waals surface area (Å²) in [5.74, 6) is 2.28. The second-order valence-electron chi connectivity index (χ2n) is 8.32. The predicted molar refractivity (Wildman–Crippen MR) is 110 cm³/mol. The van der Waals surface area contributed by atoms with Gasteiger partial charge in [0.25, 0.3) is 0 Å². The minimum Gasteiger partial charge on any atom is -0.356 e. The Kier molecular flexibility index (Phi) is 5.55. The highest BCUT2D eigenvalue weighted by atomic mass is 16.2. The number of hydrogen-bond donors (Lipinski definition) is 1. The van der Waals surface area contributed by atoms with Gasteiger partial charge in [0.15, 0.2) is 0 Å². The minimum absolute atomic E-state index is 0.256. The quantitative estimate of drug-likeness (QED) is 0.833. The normalized spacial score (nSPS) is 21.9. The number of carbonyl (C=O) groups excluding carboxylic acids is 1. The zero-order valence-electron chi connectivity index (χ0n) is 16.8. The molecule has 6 nitrogen and oxygen atoms in total. The third kappa shape index (κ3) is 4.32. The van der Waals surface area contributed by atoms with Gasteiger partial charge in [-0.25, -0.2) is 9.97 Å². The van der Waals surface area contributed by atoms with E-state index in [1.54, 1.807) is 0 Å². The van der Waals surface area contributed by atoms with Gasteiger partial charge in [-0.2, -0.15) is 0 Å². The summed E-state index contributed by atoms with van der Waals surface area (Å²) >= 11 is 0. The lowest BCUT2D eigenvalue weighted by Gasteiger charge is -2.29. The molecule has 2 saturated carbocycles. The Bertz CT molecular complexity index is 811. The van der Waals surface area contributed by atoms with Crippen molar-refractivity contribution in [3.8, 4) is 11.3 Å². The van der Waals surface area contributed by atoms with Gasteiger partial charge in [-0.15, -0.1) is 0 Å². The van der Waals surface area contributed by atoms with Crippen LogP contribution in [0.4, 0.5) is 5.95 Å². The zero-order valence-corrected chi connectivity index (χ0v) is 16.8. The van der Waals surface area contributed by atoms with Gasteiger partial charge < -0.3 is 10.2 Å². The fourth-order valence-electron chi connectivity index (χ4n) is 4.01. The zero-order chi connectivity index (χ0) is 19.5. The van der Waals surface area contributed by atoms with E-state index in [9.17, 15) is 4.79 Å². The van der Waals surface area contributed by atoms with E-state index in [4.69, 9.17) is 4.98 Å². The lowest BCUT2D eigenvalue weighted by molar-refractivity contribution is -0.122. The van der Waals surface area contributed by atoms with Gasteiger partial charge in [0.1, 0.15) is 0 Å². The maximum Gasteiger partial charge on any atom is 0.225 e. The van der Waals surface area contributed by atoms with Gasteiger partial charge in [-0.3, -0.25) is 9.78 Å². The van der Waals surface area contributed by atoms with E-state index in [0.29, 0.717) is 17.8 Å². The molecule has 1 N–H and O–H groups in total. The molecule has 4 rings (SSSR count). The molecule has 2 heterocycles. The van der Waals surface area contributed by atoms with Crippen molar-refractivity contribution in [1.82, 2.24) is 20.3 Å². The summed E-state index contributed by atoms with van der Waals surface area (Å²) in [5, 5.41) is 3.15. The van der Waals surface area contributed by atoms with Crippen molar-refractivity contribution in [3.05, 3.63) is 36.3 Å². The Hall–Kier alpha value is -2.50. The van der Waals surface area contributed by atoms with E-state index < -0.39 is 0 Å². The summed E-state index contributed by atoms with van der Waals surface area (Å²) in [6.45, 7) is 0.821. The number of aromatic nitrogens is 3. The molecular weight excluding hydrogens is 350 g/mol. The van der Waals surface area contributed by atoms with Crippen LogP contribution in [0, 0.1) is 11.8 Å². The van der Waals surface area contributed by atoms with Crippen LogP contribution in [-0.4, -0.2) is 41.5 Å². The number of hydrogen-bond acceptors (Lipinski definition) is 5. The van der Waals surface area contributed by atoms with Crippen molar-refractivity contribution < 1.29 is 4.79 Å². The Morgan fingerprint density at radius 1 is 1.11 bits per heavy atom. The molecular formula is C22H29N5O. The van der Waals surface area contributed by atoms with Crippen LogP contribution in [-0.2, 0) is 4.79 Å². The summed E-state index contributed by atoms with van der Waals surface area (Å²) < 4.78 is 0. The summed E-state index contributed by atoms with van der Waals surface area (Å²) in [7, 11) is 3.94. The first-order valence-corrected chi connectivity index (χ1v) is 10.3. The summed E-state index contributed by atoms with van der Waals surface area (Å²) in [6.07, 6.45) is 10.3. The molecule has 0 spiro atoms. The highest BCUT2D eigenvalue weighted by Gasteiger charge is 2.31. The molecule has 2 aliphatic rings. The van der Waals surface area contributed by atoms with Crippen molar-refractivity contribution in [2.45, 2.75) is 44.4 Å². The molecule has 0 radical (unpaired) electrons. The Morgan fingerprint density at radius 3 is 2.54 bits per heavy atom. The molecule has 0 aromatic carbocycles. The van der Waals surface area contributed by atoms with E-state index in [-0.39, 0.29) is 5.91 Å². The van der Waals surface area contributed by atoms with Gasteiger partial charge in [0.05, 0.1) is 11.4 Å². The minimum atomic E-state index is 0.256. The second kappa shape index (κ2) is 8.25. The van der Waals surface area contributed by atoms with Crippen molar-refractivity contribution in [2.24, 2.45) is 11.8 Å². The Labute approximate surface area is 166 Å². The van der Waals surface area contributed by atoms with E-state index >= 15 is 0 Å². The third-order valence-electron chi connectivity index (χ3n) is 5.89. The van der Waals surface area contributed by atoms with Crippen LogP contribution >= 0.6 is 0 Å². The first-order valence-electron chi connectivity index (χ1n) is 10.3. The maximum atomic E-state index is 11.9. The topological polar surface area (TPSA) is 71.0 Å². The molecule has 28 heavy (non-hydrogen) atoms. The van der Waals surface area contributed by atoms with Crippen LogP contribution in [0.1, 0.15) is 50.1 Å². The number of rotatable bonds is 6. The molecule has 1 amide bonds. The van der Waals surface area contributed by atoms with E-state index in [1.165, 1.54) is 0 Å². The molecule has 2 aromatic heterocycles. The molecule has 2 fully saturated rings. The predicted octanol–water partition coefficient (Wildman–Crippen LogP) is 3.40. The number of nitrogens with zero attached hydrogens (tertiary/aromatic N) is 4. The third-order valence-corrected chi connectivity index (χ3v) is 5.89. The van der Waals surface area contributed by atoms with Gasteiger partial charge in [0.2, 0.25) is 11.9 Å². The van der Waals surface area contributed by atoms with Crippen LogP contribution in [0.3, 0.4) is 0 Å². The fourth-order valence-corrected chi connectivity index (χ4v) is 4.01. The summed E-state index contributed by atoms with van der Waals surface area (Å²) in [5.41, 5.74) is 3.08. The number of nitrogens with one attached hydrogen (secondary N) is 1. The lowest BCUT2D eigenvalue weighted by atomic mass is 9.79. The van der Waals surface area contributed by atoms with Crippen LogP contribution in [0.25, 0.3) is 11.3 Å². The molecule has 0 aliphatic heterocycles. The van der Waals surface area contributed by atoms with Gasteiger partial charge >= 0.3 is 0 Å². The summed E-state index contributed by atoms with van der Waals surface area (Å²) in [6, 6.07) is 5.96. The Morgan fingerprint density at radius 2 is 1.89 bits per heavy atom. The number of anilines is 1.